The second-order valence-electron chi connectivity index (χ2n) is 5.14. The molecule has 1 heterocycles. The molecule has 0 bridgehead atoms. The van der Waals surface area contributed by atoms with E-state index in [4.69, 9.17) is 0 Å². The van der Waals surface area contributed by atoms with Gasteiger partial charge in [-0.1, -0.05) is 13.8 Å². The predicted molar refractivity (Wildman–Crippen MR) is 61.8 cm³/mol. The van der Waals surface area contributed by atoms with Crippen LogP contribution < -0.4 is 5.32 Å². The first-order valence-electron chi connectivity index (χ1n) is 6.16. The zero-order valence-electron chi connectivity index (χ0n) is 10.3. The first-order chi connectivity index (χ1) is 7.68. The van der Waals surface area contributed by atoms with Gasteiger partial charge in [-0.15, -0.1) is 5.10 Å². The lowest BCUT2D eigenvalue weighted by Gasteiger charge is -2.13. The van der Waals surface area contributed by atoms with Crippen molar-refractivity contribution in [1.29, 1.82) is 0 Å². The molecule has 1 fully saturated rings. The molecular weight excluding hydrogens is 202 g/mol. The van der Waals surface area contributed by atoms with Crippen molar-refractivity contribution in [3.63, 3.8) is 0 Å². The number of aromatic nitrogens is 4. The van der Waals surface area contributed by atoms with Gasteiger partial charge in [0.05, 0.1) is 12.6 Å². The minimum absolute atomic E-state index is 0.450. The predicted octanol–water partition coefficient (Wildman–Crippen LogP) is 1.39. The molecule has 90 valence electrons. The second-order valence-corrected chi connectivity index (χ2v) is 5.14. The number of hydrogen-bond donors (Lipinski definition) is 1. The summed E-state index contributed by atoms with van der Waals surface area (Å²) in [6.45, 7) is 8.37. The van der Waals surface area contributed by atoms with Gasteiger partial charge in [0.15, 0.2) is 5.82 Å². The van der Waals surface area contributed by atoms with Crippen LogP contribution in [0, 0.1) is 11.8 Å². The molecule has 0 aliphatic heterocycles. The number of nitrogens with one attached hydrogen (secondary N) is 1. The van der Waals surface area contributed by atoms with E-state index in [0.29, 0.717) is 12.0 Å². The van der Waals surface area contributed by atoms with Gasteiger partial charge in [0, 0.05) is 0 Å². The molecule has 1 unspecified atom stereocenters. The highest BCUT2D eigenvalue weighted by molar-refractivity contribution is 4.89. The lowest BCUT2D eigenvalue weighted by atomic mass is 10.2. The Labute approximate surface area is 96.6 Å². The summed E-state index contributed by atoms with van der Waals surface area (Å²) in [5.74, 6) is 2.40. The lowest BCUT2D eigenvalue weighted by Crippen LogP contribution is -2.23. The van der Waals surface area contributed by atoms with Gasteiger partial charge in [-0.05, 0) is 48.6 Å². The number of rotatable bonds is 6. The first-order valence-corrected chi connectivity index (χ1v) is 6.16. The molecule has 2 rings (SSSR count). The first kappa shape index (κ1) is 11.5. The van der Waals surface area contributed by atoms with Gasteiger partial charge >= 0.3 is 0 Å². The largest absolute Gasteiger partial charge is 0.310 e. The van der Waals surface area contributed by atoms with Crippen molar-refractivity contribution >= 4 is 0 Å². The third-order valence-electron chi connectivity index (χ3n) is 3.09. The zero-order chi connectivity index (χ0) is 11.5. The summed E-state index contributed by atoms with van der Waals surface area (Å²) >= 11 is 0. The van der Waals surface area contributed by atoms with Gasteiger partial charge in [-0.25, -0.2) is 4.68 Å². The van der Waals surface area contributed by atoms with Crippen molar-refractivity contribution in [2.45, 2.75) is 46.2 Å². The Morgan fingerprint density at radius 2 is 2.12 bits per heavy atom. The number of tetrazole rings is 1. The van der Waals surface area contributed by atoms with E-state index in [1.807, 2.05) is 4.68 Å². The van der Waals surface area contributed by atoms with Crippen molar-refractivity contribution in [3.8, 4) is 0 Å². The van der Waals surface area contributed by atoms with Gasteiger partial charge in [-0.3, -0.25) is 0 Å². The fourth-order valence-electron chi connectivity index (χ4n) is 1.90. The lowest BCUT2D eigenvalue weighted by molar-refractivity contribution is 0.406. The maximum absolute atomic E-state index is 4.09. The summed E-state index contributed by atoms with van der Waals surface area (Å²) in [5, 5.41) is 15.3. The Morgan fingerprint density at radius 1 is 1.38 bits per heavy atom. The molecule has 1 aromatic heterocycles. The summed E-state index contributed by atoms with van der Waals surface area (Å²) < 4.78 is 1.98. The molecule has 5 heteroatoms. The molecule has 1 N–H and O–H groups in total. The summed E-state index contributed by atoms with van der Waals surface area (Å²) in [5.41, 5.74) is 0. The number of hydrogen-bond acceptors (Lipinski definition) is 4. The van der Waals surface area contributed by atoms with Crippen LogP contribution >= 0.6 is 0 Å². The summed E-state index contributed by atoms with van der Waals surface area (Å²) in [4.78, 5) is 0. The topological polar surface area (TPSA) is 55.6 Å². The van der Waals surface area contributed by atoms with E-state index in [1.54, 1.807) is 0 Å². The summed E-state index contributed by atoms with van der Waals surface area (Å²) in [6.07, 6.45) is 2.64. The highest BCUT2D eigenvalue weighted by Crippen LogP contribution is 2.39. The molecule has 0 radical (unpaired) electrons. The van der Waals surface area contributed by atoms with Crippen LogP contribution in [0.15, 0.2) is 0 Å². The van der Waals surface area contributed by atoms with E-state index >= 15 is 0 Å². The van der Waals surface area contributed by atoms with Gasteiger partial charge in [0.25, 0.3) is 0 Å². The number of nitrogens with zero attached hydrogens (tertiary/aromatic N) is 4. The normalized spacial score (nSPS) is 18.0. The fourth-order valence-corrected chi connectivity index (χ4v) is 1.90. The van der Waals surface area contributed by atoms with E-state index in [1.165, 1.54) is 12.8 Å². The highest BCUT2D eigenvalue weighted by Gasteiger charge is 2.31. The van der Waals surface area contributed by atoms with Crippen LogP contribution in [0.3, 0.4) is 0 Å². The van der Waals surface area contributed by atoms with Gasteiger partial charge < -0.3 is 5.32 Å². The average molecular weight is 223 g/mol. The monoisotopic (exact) mass is 223 g/mol. The van der Waals surface area contributed by atoms with Crippen LogP contribution in [-0.4, -0.2) is 26.8 Å². The standard InChI is InChI=1S/C11H21N5/c1-8(2)6-12-7-11-13-14-15-16(11)9(3)10-4-5-10/h8-10,12H,4-7H2,1-3H3. The molecule has 1 atom stereocenters. The van der Waals surface area contributed by atoms with Crippen molar-refractivity contribution < 1.29 is 0 Å². The van der Waals surface area contributed by atoms with E-state index in [9.17, 15) is 0 Å². The molecule has 16 heavy (non-hydrogen) atoms. The Hall–Kier alpha value is -0.970. The van der Waals surface area contributed by atoms with Crippen LogP contribution in [0.2, 0.25) is 0 Å². The van der Waals surface area contributed by atoms with Crippen LogP contribution in [0.25, 0.3) is 0 Å². The summed E-state index contributed by atoms with van der Waals surface area (Å²) in [6, 6.07) is 0.450. The van der Waals surface area contributed by atoms with E-state index in [-0.39, 0.29) is 0 Å². The molecular formula is C11H21N5. The van der Waals surface area contributed by atoms with Crippen LogP contribution in [0.1, 0.15) is 45.5 Å². The SMILES string of the molecule is CC(C)CNCc1nnnn1C(C)C1CC1. The maximum atomic E-state index is 4.09. The quantitative estimate of drug-likeness (QED) is 0.792. The Morgan fingerprint density at radius 3 is 2.75 bits per heavy atom. The summed E-state index contributed by atoms with van der Waals surface area (Å²) in [7, 11) is 0. The van der Waals surface area contributed by atoms with Crippen molar-refractivity contribution in [2.75, 3.05) is 6.54 Å². The maximum Gasteiger partial charge on any atom is 0.165 e. The minimum atomic E-state index is 0.450. The molecule has 0 saturated heterocycles. The molecule has 1 aromatic rings. The Balaban J connectivity index is 1.90. The van der Waals surface area contributed by atoms with E-state index in [0.717, 1.165) is 24.8 Å². The van der Waals surface area contributed by atoms with Crippen LogP contribution in [-0.2, 0) is 6.54 Å². The third-order valence-corrected chi connectivity index (χ3v) is 3.09. The van der Waals surface area contributed by atoms with Crippen LogP contribution in [0.5, 0.6) is 0 Å². The highest BCUT2D eigenvalue weighted by atomic mass is 15.6. The Kier molecular flexibility index (Phi) is 3.53. The van der Waals surface area contributed by atoms with E-state index in [2.05, 4.69) is 41.6 Å². The zero-order valence-corrected chi connectivity index (χ0v) is 10.3. The Bertz CT molecular complexity index is 329. The van der Waals surface area contributed by atoms with Gasteiger partial charge in [0.2, 0.25) is 0 Å². The second kappa shape index (κ2) is 4.91. The molecule has 0 amide bonds. The molecule has 5 nitrogen and oxygen atoms in total. The van der Waals surface area contributed by atoms with Crippen molar-refractivity contribution in [1.82, 2.24) is 25.5 Å². The van der Waals surface area contributed by atoms with Crippen LogP contribution in [0.4, 0.5) is 0 Å². The van der Waals surface area contributed by atoms with E-state index < -0.39 is 0 Å². The minimum Gasteiger partial charge on any atom is -0.310 e. The smallest absolute Gasteiger partial charge is 0.165 e. The molecule has 0 spiro atoms. The van der Waals surface area contributed by atoms with Crippen molar-refractivity contribution in [2.24, 2.45) is 11.8 Å². The average Bonchev–Trinajstić information content (AvgIpc) is 2.98. The molecule has 1 saturated carbocycles. The van der Waals surface area contributed by atoms with Gasteiger partial charge in [-0.2, -0.15) is 0 Å². The third kappa shape index (κ3) is 2.78. The molecule has 0 aromatic carbocycles. The molecule has 1 aliphatic rings. The fraction of sp³-hybridized carbons (Fsp3) is 0.909. The van der Waals surface area contributed by atoms with Crippen molar-refractivity contribution in [3.05, 3.63) is 5.82 Å². The van der Waals surface area contributed by atoms with Gasteiger partial charge in [0.1, 0.15) is 0 Å². The molecule has 1 aliphatic carbocycles.